The van der Waals surface area contributed by atoms with E-state index in [4.69, 9.17) is 14.9 Å². The van der Waals surface area contributed by atoms with E-state index in [1.807, 2.05) is 11.0 Å². The van der Waals surface area contributed by atoms with Gasteiger partial charge in [-0.05, 0) is 12.1 Å². The highest BCUT2D eigenvalue weighted by molar-refractivity contribution is 5.87. The molecule has 21 heavy (non-hydrogen) atoms. The molecule has 0 unspecified atom stereocenters. The highest BCUT2D eigenvalue weighted by atomic mass is 16.5. The third-order valence-electron chi connectivity index (χ3n) is 2.79. The van der Waals surface area contributed by atoms with Crippen LogP contribution in [0.2, 0.25) is 0 Å². The molecule has 7 nitrogen and oxygen atoms in total. The second-order valence-corrected chi connectivity index (χ2v) is 4.34. The van der Waals surface area contributed by atoms with E-state index in [0.29, 0.717) is 38.5 Å². The van der Waals surface area contributed by atoms with Gasteiger partial charge in [0.25, 0.3) is 0 Å². The molecule has 2 N–H and O–H groups in total. The van der Waals surface area contributed by atoms with E-state index in [0.717, 1.165) is 0 Å². The predicted octanol–water partition coefficient (Wildman–Crippen LogP) is -0.329. The molecule has 0 saturated carbocycles. The molecule has 1 heterocycles. The summed E-state index contributed by atoms with van der Waals surface area (Å²) in [7, 11) is 1.31. The number of aliphatic hydroxyl groups is 2. The third-order valence-corrected chi connectivity index (χ3v) is 2.79. The zero-order chi connectivity index (χ0) is 15.5. The Morgan fingerprint density at radius 1 is 1.24 bits per heavy atom. The Balaban J connectivity index is 2.59. The van der Waals surface area contributed by atoms with Crippen LogP contribution in [0.25, 0.3) is 0 Å². The molecule has 0 aliphatic heterocycles. The van der Waals surface area contributed by atoms with Gasteiger partial charge in [0, 0.05) is 19.6 Å². The number of nitrogens with zero attached hydrogens (tertiary/aromatic N) is 2. The Labute approximate surface area is 124 Å². The van der Waals surface area contributed by atoms with Gasteiger partial charge >= 0.3 is 5.97 Å². The predicted molar refractivity (Wildman–Crippen MR) is 75.8 cm³/mol. The molecule has 0 radical (unpaired) electrons. The Morgan fingerprint density at radius 2 is 2.05 bits per heavy atom. The summed E-state index contributed by atoms with van der Waals surface area (Å²) in [6.45, 7) is 2.34. The minimum absolute atomic E-state index is 0.0112. The van der Waals surface area contributed by atoms with Crippen molar-refractivity contribution >= 4 is 5.97 Å². The molecule has 0 spiro atoms. The number of hydrogen-bond acceptors (Lipinski definition) is 7. The van der Waals surface area contributed by atoms with Crippen LogP contribution < -0.4 is 0 Å². The van der Waals surface area contributed by atoms with E-state index < -0.39 is 5.97 Å². The molecular weight excluding hydrogens is 276 g/mol. The van der Waals surface area contributed by atoms with Gasteiger partial charge in [-0.15, -0.1) is 0 Å². The maximum Gasteiger partial charge on any atom is 0.356 e. The molecule has 1 rings (SSSR count). The maximum atomic E-state index is 11.4. The van der Waals surface area contributed by atoms with Crippen molar-refractivity contribution in [3.05, 3.63) is 29.6 Å². The van der Waals surface area contributed by atoms with Crippen molar-refractivity contribution in [3.63, 3.8) is 0 Å². The third kappa shape index (κ3) is 6.63. The van der Waals surface area contributed by atoms with Crippen molar-refractivity contribution in [3.8, 4) is 0 Å². The van der Waals surface area contributed by atoms with Crippen molar-refractivity contribution in [2.24, 2.45) is 0 Å². The van der Waals surface area contributed by atoms with Crippen molar-refractivity contribution in [1.29, 1.82) is 0 Å². The molecule has 1 aromatic heterocycles. The standard InChI is InChI=1S/C14H22N2O5/c1-20-14(19)13-4-2-3-12(15-13)11-16(5-7-17)6-9-21-10-8-18/h2-4,17-18H,5-11H2,1H3. The summed E-state index contributed by atoms with van der Waals surface area (Å²) in [6, 6.07) is 5.15. The summed E-state index contributed by atoms with van der Waals surface area (Å²) in [4.78, 5) is 17.6. The number of hydrogen-bond donors (Lipinski definition) is 2. The van der Waals surface area contributed by atoms with Crippen molar-refractivity contribution in [1.82, 2.24) is 9.88 Å². The molecular formula is C14H22N2O5. The number of methoxy groups -OCH3 is 1. The summed E-state index contributed by atoms with van der Waals surface area (Å²) < 4.78 is 9.85. The molecule has 0 aliphatic rings. The molecule has 0 amide bonds. The lowest BCUT2D eigenvalue weighted by Gasteiger charge is -2.20. The van der Waals surface area contributed by atoms with Crippen molar-refractivity contribution in [2.75, 3.05) is 46.6 Å². The summed E-state index contributed by atoms with van der Waals surface area (Å²) in [5, 5.41) is 17.7. The first-order chi connectivity index (χ1) is 10.2. The van der Waals surface area contributed by atoms with Crippen LogP contribution in [-0.4, -0.2) is 72.7 Å². The SMILES string of the molecule is COC(=O)c1cccc(CN(CCO)CCOCCO)n1. The average Bonchev–Trinajstić information content (AvgIpc) is 2.51. The number of ether oxygens (including phenoxy) is 2. The molecule has 7 heteroatoms. The number of carbonyl (C=O) groups excluding carboxylic acids is 1. The minimum atomic E-state index is -0.475. The van der Waals surface area contributed by atoms with Crippen LogP contribution in [-0.2, 0) is 16.0 Å². The average molecular weight is 298 g/mol. The van der Waals surface area contributed by atoms with E-state index in [9.17, 15) is 4.79 Å². The molecule has 0 aromatic carbocycles. The van der Waals surface area contributed by atoms with E-state index >= 15 is 0 Å². The van der Waals surface area contributed by atoms with Gasteiger partial charge in [0.15, 0.2) is 0 Å². The zero-order valence-electron chi connectivity index (χ0n) is 12.2. The fraction of sp³-hybridized carbons (Fsp3) is 0.571. The highest BCUT2D eigenvalue weighted by Crippen LogP contribution is 2.05. The lowest BCUT2D eigenvalue weighted by Crippen LogP contribution is -2.30. The Hall–Kier alpha value is -1.54. The quantitative estimate of drug-likeness (QED) is 0.451. The first-order valence-corrected chi connectivity index (χ1v) is 6.77. The van der Waals surface area contributed by atoms with Crippen LogP contribution in [0, 0.1) is 0 Å². The van der Waals surface area contributed by atoms with E-state index in [2.05, 4.69) is 9.72 Å². The minimum Gasteiger partial charge on any atom is -0.464 e. The van der Waals surface area contributed by atoms with E-state index in [1.54, 1.807) is 12.1 Å². The van der Waals surface area contributed by atoms with Crippen LogP contribution in [0.15, 0.2) is 18.2 Å². The molecule has 0 aliphatic carbocycles. The summed E-state index contributed by atoms with van der Waals surface area (Å²) in [6.07, 6.45) is 0. The van der Waals surface area contributed by atoms with Crippen LogP contribution in [0.1, 0.15) is 16.2 Å². The molecule has 0 fully saturated rings. The topological polar surface area (TPSA) is 92.1 Å². The first kappa shape index (κ1) is 17.5. The fourth-order valence-electron chi connectivity index (χ4n) is 1.79. The number of rotatable bonds is 10. The smallest absolute Gasteiger partial charge is 0.356 e. The second-order valence-electron chi connectivity index (χ2n) is 4.34. The Bertz CT molecular complexity index is 428. The second kappa shape index (κ2) is 10.2. The van der Waals surface area contributed by atoms with Gasteiger partial charge in [-0.3, -0.25) is 4.90 Å². The van der Waals surface area contributed by atoms with E-state index in [1.165, 1.54) is 7.11 Å². The summed E-state index contributed by atoms with van der Waals surface area (Å²) in [5.41, 5.74) is 0.976. The highest BCUT2D eigenvalue weighted by Gasteiger charge is 2.10. The monoisotopic (exact) mass is 298 g/mol. The lowest BCUT2D eigenvalue weighted by atomic mass is 10.3. The number of aromatic nitrogens is 1. The molecule has 0 atom stereocenters. The Morgan fingerprint density at radius 3 is 2.71 bits per heavy atom. The van der Waals surface area contributed by atoms with Gasteiger partial charge in [0.2, 0.25) is 0 Å². The number of carbonyl (C=O) groups is 1. The number of pyridine rings is 1. The van der Waals surface area contributed by atoms with Gasteiger partial charge in [0.05, 0.1) is 39.2 Å². The van der Waals surface area contributed by atoms with Crippen LogP contribution >= 0.6 is 0 Å². The molecule has 1 aromatic rings. The van der Waals surface area contributed by atoms with Gasteiger partial charge in [-0.1, -0.05) is 6.07 Å². The first-order valence-electron chi connectivity index (χ1n) is 6.77. The molecule has 0 bridgehead atoms. The summed E-state index contributed by atoms with van der Waals surface area (Å²) >= 11 is 0. The van der Waals surface area contributed by atoms with Gasteiger partial charge in [-0.2, -0.15) is 0 Å². The van der Waals surface area contributed by atoms with E-state index in [-0.39, 0.29) is 18.9 Å². The molecule has 0 saturated heterocycles. The normalized spacial score (nSPS) is 10.9. The number of esters is 1. The Kier molecular flexibility index (Phi) is 8.53. The van der Waals surface area contributed by atoms with Crippen LogP contribution in [0.5, 0.6) is 0 Å². The molecule has 118 valence electrons. The van der Waals surface area contributed by atoms with Crippen LogP contribution in [0.4, 0.5) is 0 Å². The lowest BCUT2D eigenvalue weighted by molar-refractivity contribution is 0.0591. The van der Waals surface area contributed by atoms with Crippen molar-refractivity contribution < 1.29 is 24.5 Å². The van der Waals surface area contributed by atoms with Crippen LogP contribution in [0.3, 0.4) is 0 Å². The van der Waals surface area contributed by atoms with Crippen molar-refractivity contribution in [2.45, 2.75) is 6.54 Å². The van der Waals surface area contributed by atoms with Gasteiger partial charge < -0.3 is 19.7 Å². The number of aliphatic hydroxyl groups excluding tert-OH is 2. The fourth-order valence-corrected chi connectivity index (χ4v) is 1.79. The van der Waals surface area contributed by atoms with Gasteiger partial charge in [-0.25, -0.2) is 9.78 Å². The maximum absolute atomic E-state index is 11.4. The largest absolute Gasteiger partial charge is 0.464 e. The zero-order valence-corrected chi connectivity index (χ0v) is 12.2. The summed E-state index contributed by atoms with van der Waals surface area (Å²) in [5.74, 6) is -0.475. The van der Waals surface area contributed by atoms with Gasteiger partial charge in [0.1, 0.15) is 5.69 Å².